The summed E-state index contributed by atoms with van der Waals surface area (Å²) in [5.74, 6) is 1.44. The lowest BCUT2D eigenvalue weighted by Gasteiger charge is -2.31. The van der Waals surface area contributed by atoms with Crippen molar-refractivity contribution in [2.45, 2.75) is 18.9 Å². The van der Waals surface area contributed by atoms with Crippen LogP contribution in [-0.4, -0.2) is 18.8 Å². The third-order valence-corrected chi connectivity index (χ3v) is 7.94. The molecule has 3 aromatic carbocycles. The molecule has 1 atom stereocenters. The van der Waals surface area contributed by atoms with E-state index in [2.05, 4.69) is 24.3 Å². The average molecular weight is 507 g/mol. The van der Waals surface area contributed by atoms with Crippen LogP contribution in [0.2, 0.25) is 0 Å². The van der Waals surface area contributed by atoms with Gasteiger partial charge in [-0.15, -0.1) is 0 Å². The number of hydrogen-bond donors (Lipinski definition) is 0. The number of methoxy groups -OCH3 is 2. The number of thiazole rings is 1. The molecule has 1 aliphatic heterocycles. The van der Waals surface area contributed by atoms with Crippen LogP contribution in [0.1, 0.15) is 34.7 Å². The van der Waals surface area contributed by atoms with Crippen LogP contribution in [-0.2, 0) is 6.42 Å². The van der Waals surface area contributed by atoms with Crippen LogP contribution in [0.15, 0.2) is 94.2 Å². The normalized spacial score (nSPS) is 16.7. The second-order valence-corrected chi connectivity index (χ2v) is 10.0. The van der Waals surface area contributed by atoms with Crippen LogP contribution < -0.4 is 24.4 Å². The summed E-state index contributed by atoms with van der Waals surface area (Å²) in [5.41, 5.74) is 6.44. The zero-order valence-corrected chi connectivity index (χ0v) is 21.5. The van der Waals surface area contributed by atoms with Crippen LogP contribution in [0.5, 0.6) is 11.5 Å². The van der Waals surface area contributed by atoms with Gasteiger partial charge in [0.15, 0.2) is 4.80 Å². The van der Waals surface area contributed by atoms with Gasteiger partial charge >= 0.3 is 0 Å². The molecule has 0 spiro atoms. The van der Waals surface area contributed by atoms with E-state index in [4.69, 9.17) is 14.5 Å². The minimum atomic E-state index is -0.329. The second kappa shape index (κ2) is 9.71. The molecule has 1 aromatic heterocycles. The molecule has 6 rings (SSSR count). The van der Waals surface area contributed by atoms with Gasteiger partial charge in [0, 0.05) is 11.1 Å². The number of allylic oxidation sites excluding steroid dienone is 2. The maximum atomic E-state index is 13.9. The molecule has 184 valence electrons. The summed E-state index contributed by atoms with van der Waals surface area (Å²) in [6, 6.07) is 23.9. The summed E-state index contributed by atoms with van der Waals surface area (Å²) >= 11 is 1.42. The fraction of sp³-hybridized carbons (Fsp3) is 0.161. The Labute approximate surface area is 219 Å². The zero-order valence-electron chi connectivity index (χ0n) is 20.7. The molecule has 5 nitrogen and oxygen atoms in total. The number of ether oxygens (including phenoxy) is 2. The third kappa shape index (κ3) is 4.13. The molecular weight excluding hydrogens is 480 g/mol. The lowest BCUT2D eigenvalue weighted by atomic mass is 9.83. The SMILES string of the molecule is COc1ccc(OC)c([C@H]2C3=C(N=c4sc(=C/C=C\c5ccccc5)c(=O)n42)c2ccccc2CC3)c1. The average Bonchev–Trinajstić information content (AvgIpc) is 3.26. The summed E-state index contributed by atoms with van der Waals surface area (Å²) in [7, 11) is 3.31. The standard InChI is InChI=1S/C31H26N2O3S/c1-35-22-16-18-26(36-2)25(19-22)29-24-17-15-21-12-6-7-13-23(21)28(24)32-31-33(29)30(34)27(37-31)14-8-11-20-9-4-3-5-10-20/h3-14,16,18-19,29H,15,17H2,1-2H3/b11-8-,27-14?/t29-/m1/s1. The number of aryl methyl sites for hydroxylation is 1. The first kappa shape index (κ1) is 23.3. The summed E-state index contributed by atoms with van der Waals surface area (Å²) in [6.45, 7) is 0. The van der Waals surface area contributed by atoms with Gasteiger partial charge in [-0.3, -0.25) is 9.36 Å². The van der Waals surface area contributed by atoms with Crippen molar-refractivity contribution in [2.24, 2.45) is 4.99 Å². The van der Waals surface area contributed by atoms with E-state index in [0.29, 0.717) is 9.33 Å². The van der Waals surface area contributed by atoms with Crippen molar-refractivity contribution in [1.82, 2.24) is 4.57 Å². The van der Waals surface area contributed by atoms with E-state index < -0.39 is 0 Å². The van der Waals surface area contributed by atoms with E-state index in [1.807, 2.05) is 71.3 Å². The van der Waals surface area contributed by atoms with Gasteiger partial charge in [0.25, 0.3) is 5.56 Å². The highest BCUT2D eigenvalue weighted by molar-refractivity contribution is 7.07. The highest BCUT2D eigenvalue weighted by Gasteiger charge is 2.34. The molecule has 0 radical (unpaired) electrons. The second-order valence-electron chi connectivity index (χ2n) is 9.01. The lowest BCUT2D eigenvalue weighted by Crippen LogP contribution is -2.38. The van der Waals surface area contributed by atoms with Crippen molar-refractivity contribution in [3.05, 3.63) is 126 Å². The first-order valence-electron chi connectivity index (χ1n) is 12.2. The quantitative estimate of drug-likeness (QED) is 0.383. The van der Waals surface area contributed by atoms with Gasteiger partial charge in [-0.05, 0) is 53.8 Å². The van der Waals surface area contributed by atoms with Crippen molar-refractivity contribution in [3.63, 3.8) is 0 Å². The predicted molar refractivity (Wildman–Crippen MR) is 149 cm³/mol. The number of hydrogen-bond acceptors (Lipinski definition) is 5. The Bertz CT molecular complexity index is 1730. The van der Waals surface area contributed by atoms with Crippen molar-refractivity contribution in [1.29, 1.82) is 0 Å². The smallest absolute Gasteiger partial charge is 0.271 e. The van der Waals surface area contributed by atoms with Crippen LogP contribution in [0, 0.1) is 0 Å². The van der Waals surface area contributed by atoms with Crippen molar-refractivity contribution in [2.75, 3.05) is 14.2 Å². The van der Waals surface area contributed by atoms with E-state index in [9.17, 15) is 4.79 Å². The Morgan fingerprint density at radius 3 is 2.59 bits per heavy atom. The fourth-order valence-corrected chi connectivity index (χ4v) is 6.13. The highest BCUT2D eigenvalue weighted by Crippen LogP contribution is 2.44. The van der Waals surface area contributed by atoms with Gasteiger partial charge in [0.2, 0.25) is 0 Å². The van der Waals surface area contributed by atoms with Crippen molar-refractivity contribution in [3.8, 4) is 11.5 Å². The van der Waals surface area contributed by atoms with Crippen LogP contribution >= 0.6 is 11.3 Å². The molecule has 0 saturated heterocycles. The summed E-state index contributed by atoms with van der Waals surface area (Å²) < 4.78 is 13.8. The minimum Gasteiger partial charge on any atom is -0.497 e. The number of nitrogens with zero attached hydrogens (tertiary/aromatic N) is 2. The zero-order chi connectivity index (χ0) is 25.4. The van der Waals surface area contributed by atoms with Gasteiger partial charge in [0.1, 0.15) is 11.5 Å². The predicted octanol–water partition coefficient (Wildman–Crippen LogP) is 5.00. The first-order chi connectivity index (χ1) is 18.2. The molecule has 0 amide bonds. The largest absolute Gasteiger partial charge is 0.497 e. The van der Waals surface area contributed by atoms with E-state index >= 15 is 0 Å². The Balaban J connectivity index is 1.58. The summed E-state index contributed by atoms with van der Waals surface area (Å²) in [6.07, 6.45) is 7.53. The molecule has 1 aliphatic carbocycles. The summed E-state index contributed by atoms with van der Waals surface area (Å²) in [5, 5.41) is 0. The Morgan fingerprint density at radius 1 is 0.973 bits per heavy atom. The molecule has 2 heterocycles. The highest BCUT2D eigenvalue weighted by atomic mass is 32.1. The van der Waals surface area contributed by atoms with E-state index in [1.165, 1.54) is 16.9 Å². The van der Waals surface area contributed by atoms with Gasteiger partial charge in [-0.25, -0.2) is 4.99 Å². The molecular formula is C31H26N2O3S. The molecule has 0 saturated carbocycles. The summed E-state index contributed by atoms with van der Waals surface area (Å²) in [4.78, 5) is 19.6. The van der Waals surface area contributed by atoms with E-state index in [1.54, 1.807) is 14.2 Å². The van der Waals surface area contributed by atoms with Crippen LogP contribution in [0.3, 0.4) is 0 Å². The molecule has 4 aromatic rings. The number of aromatic nitrogens is 1. The van der Waals surface area contributed by atoms with Gasteiger partial charge in [-0.2, -0.15) is 0 Å². The third-order valence-electron chi connectivity index (χ3n) is 6.94. The van der Waals surface area contributed by atoms with Crippen LogP contribution in [0.25, 0.3) is 17.8 Å². The van der Waals surface area contributed by atoms with E-state index in [-0.39, 0.29) is 11.6 Å². The van der Waals surface area contributed by atoms with Crippen molar-refractivity contribution >= 4 is 29.2 Å². The monoisotopic (exact) mass is 506 g/mol. The first-order valence-corrected chi connectivity index (χ1v) is 13.1. The molecule has 2 aliphatic rings. The topological polar surface area (TPSA) is 52.8 Å². The fourth-order valence-electron chi connectivity index (χ4n) is 5.18. The molecule has 37 heavy (non-hydrogen) atoms. The maximum Gasteiger partial charge on any atom is 0.271 e. The molecule has 0 bridgehead atoms. The maximum absolute atomic E-state index is 13.9. The van der Waals surface area contributed by atoms with Crippen LogP contribution in [0.4, 0.5) is 0 Å². The van der Waals surface area contributed by atoms with Gasteiger partial charge < -0.3 is 9.47 Å². The lowest BCUT2D eigenvalue weighted by molar-refractivity contribution is 0.392. The van der Waals surface area contributed by atoms with E-state index in [0.717, 1.165) is 52.3 Å². The molecule has 6 heteroatoms. The Kier molecular flexibility index (Phi) is 6.10. The Morgan fingerprint density at radius 2 is 1.78 bits per heavy atom. The molecule has 0 unspecified atom stereocenters. The Hall–Kier alpha value is -4.16. The molecule has 0 fully saturated rings. The molecule has 0 N–H and O–H groups in total. The minimum absolute atomic E-state index is 0.0539. The number of rotatable bonds is 5. The number of benzene rings is 3. The number of fused-ring (bicyclic) bond motifs is 3. The van der Waals surface area contributed by atoms with Gasteiger partial charge in [-0.1, -0.05) is 78.1 Å². The van der Waals surface area contributed by atoms with Crippen molar-refractivity contribution < 1.29 is 9.47 Å². The van der Waals surface area contributed by atoms with Gasteiger partial charge in [0.05, 0.1) is 30.5 Å².